The summed E-state index contributed by atoms with van der Waals surface area (Å²) in [6.07, 6.45) is 0. The number of fused-ring (bicyclic) bond motifs is 1. The van der Waals surface area contributed by atoms with Crippen molar-refractivity contribution in [1.82, 2.24) is 15.1 Å². The van der Waals surface area contributed by atoms with Crippen molar-refractivity contribution in [3.63, 3.8) is 0 Å². The molecule has 29 heavy (non-hydrogen) atoms. The first-order chi connectivity index (χ1) is 13.9. The van der Waals surface area contributed by atoms with E-state index in [1.54, 1.807) is 6.07 Å². The number of hydrogen-bond acceptors (Lipinski definition) is 6. The summed E-state index contributed by atoms with van der Waals surface area (Å²) in [6.45, 7) is 7.29. The summed E-state index contributed by atoms with van der Waals surface area (Å²) in [5.74, 6) is 0.324. The number of carbonyl (C=O) groups is 2. The van der Waals surface area contributed by atoms with Crippen LogP contribution in [0.3, 0.4) is 0 Å². The Morgan fingerprint density at radius 2 is 2.00 bits per heavy atom. The van der Waals surface area contributed by atoms with Gasteiger partial charge in [-0.2, -0.15) is 5.10 Å². The number of nitrogens with zero attached hydrogens (tertiary/aromatic N) is 2. The van der Waals surface area contributed by atoms with Gasteiger partial charge in [-0.15, -0.1) is 11.3 Å². The molecule has 0 saturated carbocycles. The number of hydrogen-bond donors (Lipinski definition) is 1. The Bertz CT molecular complexity index is 979. The molecule has 8 heteroatoms. The summed E-state index contributed by atoms with van der Waals surface area (Å²) >= 11 is 1.34. The van der Waals surface area contributed by atoms with E-state index in [9.17, 15) is 9.59 Å². The fraction of sp³-hybridized carbons (Fsp3) is 0.381. The van der Waals surface area contributed by atoms with Crippen molar-refractivity contribution in [1.29, 1.82) is 0 Å². The number of aryl methyl sites for hydroxylation is 1. The van der Waals surface area contributed by atoms with Crippen LogP contribution in [-0.2, 0) is 16.1 Å². The number of esters is 1. The molecule has 0 fully saturated rings. The molecule has 0 unspecified atom stereocenters. The van der Waals surface area contributed by atoms with E-state index in [0.717, 1.165) is 28.2 Å². The van der Waals surface area contributed by atoms with Crippen molar-refractivity contribution in [2.75, 3.05) is 19.8 Å². The SMILES string of the molecule is Cc1nn(CC(C)C)c2sc(C(=O)OCC(=O)NCCOc3ccccc3)cc12. The minimum atomic E-state index is -0.502. The van der Waals surface area contributed by atoms with Crippen LogP contribution in [0.1, 0.15) is 29.2 Å². The number of ether oxygens (including phenoxy) is 2. The first kappa shape index (κ1) is 20.9. The van der Waals surface area contributed by atoms with Gasteiger partial charge in [0.15, 0.2) is 6.61 Å². The highest BCUT2D eigenvalue weighted by atomic mass is 32.1. The molecule has 2 aromatic heterocycles. The Balaban J connectivity index is 1.47. The fourth-order valence-corrected chi connectivity index (χ4v) is 3.88. The van der Waals surface area contributed by atoms with E-state index in [4.69, 9.17) is 9.47 Å². The second kappa shape index (κ2) is 9.56. The molecular weight excluding hydrogens is 390 g/mol. The van der Waals surface area contributed by atoms with Crippen molar-refractivity contribution in [2.24, 2.45) is 5.92 Å². The van der Waals surface area contributed by atoms with Crippen LogP contribution in [0, 0.1) is 12.8 Å². The molecule has 1 aromatic carbocycles. The van der Waals surface area contributed by atoms with Crippen LogP contribution in [-0.4, -0.2) is 41.4 Å². The molecule has 0 aliphatic carbocycles. The van der Waals surface area contributed by atoms with Gasteiger partial charge in [0.05, 0.1) is 12.2 Å². The monoisotopic (exact) mass is 415 g/mol. The Morgan fingerprint density at radius 1 is 1.24 bits per heavy atom. The van der Waals surface area contributed by atoms with Gasteiger partial charge >= 0.3 is 5.97 Å². The zero-order valence-corrected chi connectivity index (χ0v) is 17.6. The summed E-state index contributed by atoms with van der Waals surface area (Å²) in [5.41, 5.74) is 0.882. The highest BCUT2D eigenvalue weighted by Crippen LogP contribution is 2.29. The van der Waals surface area contributed by atoms with Gasteiger partial charge in [0, 0.05) is 11.9 Å². The Kier molecular flexibility index (Phi) is 6.87. The molecule has 0 radical (unpaired) electrons. The molecule has 0 saturated heterocycles. The minimum absolute atomic E-state index is 0.324. The largest absolute Gasteiger partial charge is 0.492 e. The number of rotatable bonds is 9. The lowest BCUT2D eigenvalue weighted by Crippen LogP contribution is -2.32. The second-order valence-corrected chi connectivity index (χ2v) is 8.11. The van der Waals surface area contributed by atoms with Crippen LogP contribution in [0.25, 0.3) is 10.2 Å². The van der Waals surface area contributed by atoms with Crippen LogP contribution in [0.2, 0.25) is 0 Å². The van der Waals surface area contributed by atoms with Gasteiger partial charge in [-0.3, -0.25) is 9.48 Å². The first-order valence-electron chi connectivity index (χ1n) is 9.52. The summed E-state index contributed by atoms with van der Waals surface area (Å²) < 4.78 is 12.6. The zero-order valence-electron chi connectivity index (χ0n) is 16.8. The van der Waals surface area contributed by atoms with Crippen LogP contribution in [0.15, 0.2) is 36.4 Å². The summed E-state index contributed by atoms with van der Waals surface area (Å²) in [7, 11) is 0. The van der Waals surface area contributed by atoms with Crippen molar-refractivity contribution in [3.8, 4) is 5.75 Å². The van der Waals surface area contributed by atoms with E-state index < -0.39 is 5.97 Å². The average Bonchev–Trinajstić information content (AvgIpc) is 3.25. The van der Waals surface area contributed by atoms with Crippen LogP contribution < -0.4 is 10.1 Å². The van der Waals surface area contributed by atoms with Gasteiger partial charge in [-0.1, -0.05) is 32.0 Å². The van der Waals surface area contributed by atoms with E-state index in [-0.39, 0.29) is 12.5 Å². The number of benzene rings is 1. The molecule has 1 amide bonds. The zero-order chi connectivity index (χ0) is 20.8. The van der Waals surface area contributed by atoms with E-state index in [2.05, 4.69) is 24.3 Å². The highest BCUT2D eigenvalue weighted by Gasteiger charge is 2.18. The molecule has 0 aliphatic rings. The van der Waals surface area contributed by atoms with Crippen molar-refractivity contribution in [3.05, 3.63) is 47.0 Å². The van der Waals surface area contributed by atoms with E-state index in [0.29, 0.717) is 23.9 Å². The molecule has 3 rings (SSSR count). The van der Waals surface area contributed by atoms with Gasteiger partial charge in [-0.25, -0.2) is 4.79 Å². The molecule has 1 N–H and O–H groups in total. The lowest BCUT2D eigenvalue weighted by Gasteiger charge is -2.08. The summed E-state index contributed by atoms with van der Waals surface area (Å²) in [6, 6.07) is 11.1. The van der Waals surface area contributed by atoms with E-state index in [1.165, 1.54) is 11.3 Å². The summed E-state index contributed by atoms with van der Waals surface area (Å²) in [5, 5.41) is 8.15. The number of para-hydroxylation sites is 1. The van der Waals surface area contributed by atoms with E-state index in [1.807, 2.05) is 41.9 Å². The molecule has 0 aliphatic heterocycles. The standard InChI is InChI=1S/C21H25N3O4S/c1-14(2)12-24-20-17(15(3)23-24)11-18(29-20)21(26)28-13-19(25)22-9-10-27-16-7-5-4-6-8-16/h4-8,11,14H,9-10,12-13H2,1-3H3,(H,22,25). The van der Waals surface area contributed by atoms with Gasteiger partial charge < -0.3 is 14.8 Å². The predicted molar refractivity (Wildman–Crippen MR) is 112 cm³/mol. The van der Waals surface area contributed by atoms with Crippen molar-refractivity contribution >= 4 is 33.4 Å². The molecule has 0 spiro atoms. The fourth-order valence-electron chi connectivity index (χ4n) is 2.81. The third kappa shape index (κ3) is 5.57. The molecule has 0 bridgehead atoms. The maximum atomic E-state index is 12.3. The normalized spacial score (nSPS) is 11.0. The predicted octanol–water partition coefficient (Wildman–Crippen LogP) is 3.41. The van der Waals surface area contributed by atoms with Crippen LogP contribution in [0.4, 0.5) is 0 Å². The number of amides is 1. The molecule has 7 nitrogen and oxygen atoms in total. The molecular formula is C21H25N3O4S. The maximum absolute atomic E-state index is 12.3. The second-order valence-electron chi connectivity index (χ2n) is 7.08. The Morgan fingerprint density at radius 3 is 2.72 bits per heavy atom. The smallest absolute Gasteiger partial charge is 0.348 e. The minimum Gasteiger partial charge on any atom is -0.492 e. The van der Waals surface area contributed by atoms with Gasteiger partial charge in [0.25, 0.3) is 5.91 Å². The van der Waals surface area contributed by atoms with E-state index >= 15 is 0 Å². The van der Waals surface area contributed by atoms with Crippen LogP contribution in [0.5, 0.6) is 5.75 Å². The number of carbonyl (C=O) groups excluding carboxylic acids is 2. The van der Waals surface area contributed by atoms with Gasteiger partial charge in [0.2, 0.25) is 0 Å². The topological polar surface area (TPSA) is 82.5 Å². The lowest BCUT2D eigenvalue weighted by atomic mass is 10.2. The third-order valence-corrected chi connectivity index (χ3v) is 5.25. The quantitative estimate of drug-likeness (QED) is 0.428. The van der Waals surface area contributed by atoms with Crippen LogP contribution >= 0.6 is 11.3 Å². The Labute approximate surface area is 173 Å². The third-order valence-electron chi connectivity index (χ3n) is 4.12. The molecule has 154 valence electrons. The summed E-state index contributed by atoms with van der Waals surface area (Å²) in [4.78, 5) is 25.6. The Hall–Kier alpha value is -2.87. The highest BCUT2D eigenvalue weighted by molar-refractivity contribution is 7.20. The van der Waals surface area contributed by atoms with Gasteiger partial charge in [0.1, 0.15) is 22.1 Å². The first-order valence-corrected chi connectivity index (χ1v) is 10.3. The molecule has 0 atom stereocenters. The number of aromatic nitrogens is 2. The van der Waals surface area contributed by atoms with Crippen molar-refractivity contribution < 1.29 is 19.1 Å². The number of nitrogens with one attached hydrogen (secondary N) is 1. The van der Waals surface area contributed by atoms with Gasteiger partial charge in [-0.05, 0) is 31.0 Å². The maximum Gasteiger partial charge on any atom is 0.348 e. The van der Waals surface area contributed by atoms with Crippen molar-refractivity contribution in [2.45, 2.75) is 27.3 Å². The lowest BCUT2D eigenvalue weighted by molar-refractivity contribution is -0.124. The average molecular weight is 416 g/mol. The molecule has 2 heterocycles. The molecule has 3 aromatic rings. The number of thiophene rings is 1.